The van der Waals surface area contributed by atoms with Crippen LogP contribution in [0.3, 0.4) is 0 Å². The molecule has 1 rings (SSSR count). The molecule has 4 heteroatoms. The van der Waals surface area contributed by atoms with Crippen molar-refractivity contribution in [3.63, 3.8) is 0 Å². The largest absolute Gasteiger partial charge is 0.340 e. The van der Waals surface area contributed by atoms with Gasteiger partial charge in [-0.2, -0.15) is 0 Å². The summed E-state index contributed by atoms with van der Waals surface area (Å²) in [6.07, 6.45) is 2.32. The molecule has 1 N–H and O–H groups in total. The third-order valence-corrected chi connectivity index (χ3v) is 4.11. The fraction of sp³-hybridized carbons (Fsp3) is 0.857. The number of nitrogens with one attached hydrogen (secondary N) is 1. The summed E-state index contributed by atoms with van der Waals surface area (Å²) in [5.41, 5.74) is -0.726. The monoisotopic (exact) mass is 254 g/mol. The molecule has 1 heterocycles. The van der Waals surface area contributed by atoms with Crippen LogP contribution in [0, 0.1) is 5.92 Å². The van der Waals surface area contributed by atoms with Crippen LogP contribution in [0.5, 0.6) is 0 Å². The summed E-state index contributed by atoms with van der Waals surface area (Å²) in [5.74, 6) is 0.483. The van der Waals surface area contributed by atoms with Gasteiger partial charge in [-0.15, -0.1) is 0 Å². The van der Waals surface area contributed by atoms with Crippen LogP contribution >= 0.6 is 0 Å². The molecule has 1 aliphatic rings. The van der Waals surface area contributed by atoms with Gasteiger partial charge in [0.2, 0.25) is 11.8 Å². The summed E-state index contributed by atoms with van der Waals surface area (Å²) in [6.45, 7) is 10.6. The van der Waals surface area contributed by atoms with Gasteiger partial charge in [-0.1, -0.05) is 34.1 Å². The second-order valence-electron chi connectivity index (χ2n) is 5.57. The first-order valence-corrected chi connectivity index (χ1v) is 7.02. The summed E-state index contributed by atoms with van der Waals surface area (Å²) in [5, 5.41) is 2.88. The summed E-state index contributed by atoms with van der Waals surface area (Å²) in [7, 11) is 0. The number of carbonyl (C=O) groups excluding carboxylic acids is 2. The molecule has 0 aliphatic carbocycles. The van der Waals surface area contributed by atoms with Crippen molar-refractivity contribution in [2.24, 2.45) is 5.92 Å². The standard InChI is InChI=1S/C14H26N2O2/c1-6-10(4)9-16-11(7-2)12(17)15-14(5,8-3)13(16)18/h10-11H,6-9H2,1-5H3,(H,15,17). The Bertz CT molecular complexity index is 330. The molecule has 2 amide bonds. The van der Waals surface area contributed by atoms with E-state index in [2.05, 4.69) is 19.2 Å². The van der Waals surface area contributed by atoms with Crippen molar-refractivity contribution in [2.75, 3.05) is 6.54 Å². The minimum absolute atomic E-state index is 0.00949. The molecule has 0 spiro atoms. The third-order valence-electron chi connectivity index (χ3n) is 4.11. The average Bonchev–Trinajstić information content (AvgIpc) is 2.35. The van der Waals surface area contributed by atoms with Gasteiger partial charge < -0.3 is 10.2 Å². The van der Waals surface area contributed by atoms with E-state index in [1.165, 1.54) is 0 Å². The third kappa shape index (κ3) is 2.68. The minimum Gasteiger partial charge on any atom is -0.340 e. The van der Waals surface area contributed by atoms with Crippen LogP contribution in [-0.2, 0) is 9.59 Å². The predicted molar refractivity (Wildman–Crippen MR) is 72.1 cm³/mol. The molecular weight excluding hydrogens is 228 g/mol. The molecule has 0 radical (unpaired) electrons. The number of amides is 2. The van der Waals surface area contributed by atoms with Crippen molar-refractivity contribution in [1.82, 2.24) is 10.2 Å². The second-order valence-corrected chi connectivity index (χ2v) is 5.57. The van der Waals surface area contributed by atoms with Gasteiger partial charge in [0.15, 0.2) is 0 Å². The Balaban J connectivity index is 2.98. The summed E-state index contributed by atoms with van der Waals surface area (Å²) in [4.78, 5) is 26.5. The molecule has 0 aromatic rings. The van der Waals surface area contributed by atoms with Gasteiger partial charge in [0.05, 0.1) is 0 Å². The van der Waals surface area contributed by atoms with Crippen LogP contribution in [-0.4, -0.2) is 34.8 Å². The number of piperazine rings is 1. The molecule has 18 heavy (non-hydrogen) atoms. The summed E-state index contributed by atoms with van der Waals surface area (Å²) >= 11 is 0. The van der Waals surface area contributed by atoms with Gasteiger partial charge in [-0.3, -0.25) is 9.59 Å². The molecular formula is C14H26N2O2. The molecule has 1 aliphatic heterocycles. The molecule has 0 aromatic heterocycles. The highest BCUT2D eigenvalue weighted by Gasteiger charge is 2.46. The first kappa shape index (κ1) is 15.0. The quantitative estimate of drug-likeness (QED) is 0.815. The van der Waals surface area contributed by atoms with E-state index >= 15 is 0 Å². The Morgan fingerprint density at radius 1 is 1.33 bits per heavy atom. The zero-order valence-corrected chi connectivity index (χ0v) is 12.2. The van der Waals surface area contributed by atoms with E-state index in [0.717, 1.165) is 6.42 Å². The van der Waals surface area contributed by atoms with Crippen LogP contribution in [0.2, 0.25) is 0 Å². The average molecular weight is 254 g/mol. The van der Waals surface area contributed by atoms with Crippen LogP contribution in [0.15, 0.2) is 0 Å². The van der Waals surface area contributed by atoms with E-state index < -0.39 is 5.54 Å². The van der Waals surface area contributed by atoms with Gasteiger partial charge >= 0.3 is 0 Å². The molecule has 1 fully saturated rings. The van der Waals surface area contributed by atoms with E-state index in [1.807, 2.05) is 20.8 Å². The zero-order valence-electron chi connectivity index (χ0n) is 12.2. The van der Waals surface area contributed by atoms with Crippen LogP contribution in [0.25, 0.3) is 0 Å². The van der Waals surface area contributed by atoms with Crippen molar-refractivity contribution in [3.8, 4) is 0 Å². The highest BCUT2D eigenvalue weighted by Crippen LogP contribution is 2.24. The molecule has 104 valence electrons. The Kier molecular flexibility index (Phi) is 4.77. The maximum Gasteiger partial charge on any atom is 0.248 e. The van der Waals surface area contributed by atoms with E-state index in [9.17, 15) is 9.59 Å². The Morgan fingerprint density at radius 3 is 2.39 bits per heavy atom. The van der Waals surface area contributed by atoms with Crippen LogP contribution in [0.1, 0.15) is 53.9 Å². The number of carbonyl (C=O) groups is 2. The number of rotatable bonds is 5. The lowest BCUT2D eigenvalue weighted by atomic mass is 9.90. The lowest BCUT2D eigenvalue weighted by molar-refractivity contribution is -0.155. The normalized spacial score (nSPS) is 30.3. The molecule has 0 saturated carbocycles. The lowest BCUT2D eigenvalue weighted by Gasteiger charge is -2.44. The van der Waals surface area contributed by atoms with Crippen molar-refractivity contribution in [3.05, 3.63) is 0 Å². The van der Waals surface area contributed by atoms with Crippen molar-refractivity contribution in [2.45, 2.75) is 65.5 Å². The van der Waals surface area contributed by atoms with Gasteiger partial charge in [0.1, 0.15) is 11.6 Å². The fourth-order valence-corrected chi connectivity index (χ4v) is 2.33. The Labute approximate surface area is 110 Å². The minimum atomic E-state index is -0.726. The van der Waals surface area contributed by atoms with Gasteiger partial charge in [-0.05, 0) is 25.7 Å². The Hall–Kier alpha value is -1.06. The van der Waals surface area contributed by atoms with Crippen LogP contribution < -0.4 is 5.32 Å². The lowest BCUT2D eigenvalue weighted by Crippen LogP contribution is -2.69. The fourth-order valence-electron chi connectivity index (χ4n) is 2.33. The summed E-state index contributed by atoms with van der Waals surface area (Å²) in [6, 6.07) is -0.300. The molecule has 3 unspecified atom stereocenters. The van der Waals surface area contributed by atoms with Crippen LogP contribution in [0.4, 0.5) is 0 Å². The summed E-state index contributed by atoms with van der Waals surface area (Å²) < 4.78 is 0. The highest BCUT2D eigenvalue weighted by atomic mass is 16.2. The zero-order chi connectivity index (χ0) is 13.9. The van der Waals surface area contributed by atoms with Crippen molar-refractivity contribution >= 4 is 11.8 Å². The maximum atomic E-state index is 12.6. The van der Waals surface area contributed by atoms with Crippen molar-refractivity contribution < 1.29 is 9.59 Å². The first-order valence-electron chi connectivity index (χ1n) is 7.02. The molecule has 1 saturated heterocycles. The van der Waals surface area contributed by atoms with Gasteiger partial charge in [-0.25, -0.2) is 0 Å². The van der Waals surface area contributed by atoms with E-state index in [0.29, 0.717) is 25.3 Å². The van der Waals surface area contributed by atoms with Crippen molar-refractivity contribution in [1.29, 1.82) is 0 Å². The van der Waals surface area contributed by atoms with Gasteiger partial charge in [0.25, 0.3) is 0 Å². The van der Waals surface area contributed by atoms with Gasteiger partial charge in [0, 0.05) is 6.54 Å². The molecule has 4 nitrogen and oxygen atoms in total. The SMILES string of the molecule is CCC(C)CN1C(=O)C(C)(CC)NC(=O)C1CC. The number of nitrogens with zero attached hydrogens (tertiary/aromatic N) is 1. The predicted octanol–water partition coefficient (Wildman–Crippen LogP) is 1.94. The van der Waals surface area contributed by atoms with E-state index in [4.69, 9.17) is 0 Å². The topological polar surface area (TPSA) is 49.4 Å². The molecule has 0 aromatic carbocycles. The smallest absolute Gasteiger partial charge is 0.248 e. The maximum absolute atomic E-state index is 12.6. The Morgan fingerprint density at radius 2 is 1.94 bits per heavy atom. The van der Waals surface area contributed by atoms with E-state index in [-0.39, 0.29) is 17.9 Å². The molecule has 3 atom stereocenters. The highest BCUT2D eigenvalue weighted by molar-refractivity contribution is 5.99. The number of hydrogen-bond acceptors (Lipinski definition) is 2. The molecule has 0 bridgehead atoms. The van der Waals surface area contributed by atoms with E-state index in [1.54, 1.807) is 4.90 Å². The first-order chi connectivity index (χ1) is 8.39. The second kappa shape index (κ2) is 5.72. The number of hydrogen-bond donors (Lipinski definition) is 1.